The summed E-state index contributed by atoms with van der Waals surface area (Å²) >= 11 is 3.01. The van der Waals surface area contributed by atoms with E-state index in [4.69, 9.17) is 14.3 Å². The number of oxime groups is 1. The quantitative estimate of drug-likeness (QED) is 0.277. The van der Waals surface area contributed by atoms with Crippen LogP contribution in [0, 0.1) is 6.92 Å². The summed E-state index contributed by atoms with van der Waals surface area (Å²) in [6.45, 7) is 5.24. The summed E-state index contributed by atoms with van der Waals surface area (Å²) in [6.07, 6.45) is 1.64. The van der Waals surface area contributed by atoms with Gasteiger partial charge in [0.25, 0.3) is 11.7 Å². The summed E-state index contributed by atoms with van der Waals surface area (Å²) < 4.78 is 13.3. The molecule has 1 saturated heterocycles. The van der Waals surface area contributed by atoms with Crippen molar-refractivity contribution < 1.29 is 19.1 Å². The number of ether oxygens (including phenoxy) is 2. The molecule has 4 rings (SSSR count). The number of fused-ring (bicyclic) bond motifs is 1. The van der Waals surface area contributed by atoms with Gasteiger partial charge in [0.1, 0.15) is 12.7 Å². The van der Waals surface area contributed by atoms with E-state index in [1.165, 1.54) is 11.8 Å². The molecule has 3 aromatic rings. The number of amides is 1. The fourth-order valence-corrected chi connectivity index (χ4v) is 4.16. The minimum atomic E-state index is -0.267. The number of carbonyl (C=O) groups is 1. The van der Waals surface area contributed by atoms with Crippen molar-refractivity contribution in [1.29, 1.82) is 0 Å². The van der Waals surface area contributed by atoms with Gasteiger partial charge in [-0.1, -0.05) is 23.0 Å². The molecule has 10 nitrogen and oxygen atoms in total. The van der Waals surface area contributed by atoms with E-state index in [0.717, 1.165) is 16.3 Å². The van der Waals surface area contributed by atoms with Crippen LogP contribution in [0.2, 0.25) is 0 Å². The molecule has 4 heterocycles. The van der Waals surface area contributed by atoms with Crippen LogP contribution in [0.3, 0.4) is 0 Å². The lowest BCUT2D eigenvalue weighted by atomic mass is 10.3. The highest BCUT2D eigenvalue weighted by Gasteiger charge is 2.25. The van der Waals surface area contributed by atoms with Gasteiger partial charge in [-0.05, 0) is 31.5 Å². The van der Waals surface area contributed by atoms with Gasteiger partial charge in [0.15, 0.2) is 6.61 Å². The van der Waals surface area contributed by atoms with Crippen LogP contribution in [-0.4, -0.2) is 81.4 Å². The molecule has 0 radical (unpaired) electrons. The van der Waals surface area contributed by atoms with Crippen LogP contribution in [0.1, 0.15) is 17.5 Å². The number of hydrogen-bond donors (Lipinski definition) is 0. The molecule has 170 valence electrons. The minimum absolute atomic E-state index is 0.114. The van der Waals surface area contributed by atoms with Gasteiger partial charge in [-0.15, -0.1) is 16.4 Å². The standard InChI is InChI=1S/C20H24N6O4S2/c1-13-9-18(26-19(21-13)22-20(23-26)31-3)29-11-15-10-25(6-7-28-15)17(27)12-30-24-14(2)16-5-4-8-32-16/h4-5,8-9,15H,6-7,10-12H2,1-3H3/b24-14-. The third-order valence-electron chi connectivity index (χ3n) is 4.75. The molecule has 32 heavy (non-hydrogen) atoms. The summed E-state index contributed by atoms with van der Waals surface area (Å²) in [4.78, 5) is 29.3. The van der Waals surface area contributed by atoms with Crippen LogP contribution in [-0.2, 0) is 14.4 Å². The monoisotopic (exact) mass is 476 g/mol. The molecule has 1 aliphatic heterocycles. The lowest BCUT2D eigenvalue weighted by molar-refractivity contribution is -0.144. The molecule has 0 saturated carbocycles. The Morgan fingerprint density at radius 2 is 2.31 bits per heavy atom. The van der Waals surface area contributed by atoms with E-state index in [0.29, 0.717) is 36.5 Å². The highest BCUT2D eigenvalue weighted by molar-refractivity contribution is 7.98. The largest absolute Gasteiger partial charge is 0.475 e. The SMILES string of the molecule is CSc1nc2nc(C)cc(OCC3CN(C(=O)CO/N=C(/C)c4cccs4)CCO3)n2n1. The summed E-state index contributed by atoms with van der Waals surface area (Å²) in [5.74, 6) is 0.888. The maximum absolute atomic E-state index is 12.5. The number of thioether (sulfide) groups is 1. The van der Waals surface area contributed by atoms with E-state index < -0.39 is 0 Å². The summed E-state index contributed by atoms with van der Waals surface area (Å²) in [7, 11) is 0. The summed E-state index contributed by atoms with van der Waals surface area (Å²) in [6, 6.07) is 5.71. The predicted octanol–water partition coefficient (Wildman–Crippen LogP) is 2.26. The van der Waals surface area contributed by atoms with Crippen molar-refractivity contribution >= 4 is 40.5 Å². The van der Waals surface area contributed by atoms with Crippen LogP contribution in [0.15, 0.2) is 33.9 Å². The van der Waals surface area contributed by atoms with Gasteiger partial charge < -0.3 is 19.2 Å². The Balaban J connectivity index is 1.31. The Labute approximate surface area is 193 Å². The Morgan fingerprint density at radius 1 is 1.44 bits per heavy atom. The first-order valence-corrected chi connectivity index (χ1v) is 12.1. The second kappa shape index (κ2) is 10.3. The predicted molar refractivity (Wildman–Crippen MR) is 122 cm³/mol. The number of aryl methyl sites for hydroxylation is 1. The zero-order valence-electron chi connectivity index (χ0n) is 18.1. The normalized spacial score (nSPS) is 17.0. The Morgan fingerprint density at radius 3 is 3.09 bits per heavy atom. The third-order valence-corrected chi connectivity index (χ3v) is 6.26. The molecule has 0 aliphatic carbocycles. The van der Waals surface area contributed by atoms with Gasteiger partial charge in [-0.25, -0.2) is 4.98 Å². The number of carbonyl (C=O) groups excluding carboxylic acids is 1. The first kappa shape index (κ1) is 22.5. The van der Waals surface area contributed by atoms with Crippen molar-refractivity contribution in [1.82, 2.24) is 24.5 Å². The molecule has 1 atom stereocenters. The fourth-order valence-electron chi connectivity index (χ4n) is 3.15. The molecular formula is C20H24N6O4S2. The number of morpholine rings is 1. The molecule has 1 unspecified atom stereocenters. The number of thiophene rings is 1. The number of rotatable bonds is 8. The van der Waals surface area contributed by atoms with Crippen LogP contribution < -0.4 is 4.74 Å². The van der Waals surface area contributed by atoms with Gasteiger partial charge >= 0.3 is 0 Å². The maximum Gasteiger partial charge on any atom is 0.263 e. The Hall–Kier alpha value is -2.70. The number of aromatic nitrogens is 4. The summed E-state index contributed by atoms with van der Waals surface area (Å²) in [5.41, 5.74) is 1.53. The van der Waals surface area contributed by atoms with E-state index in [1.54, 1.807) is 26.8 Å². The van der Waals surface area contributed by atoms with Gasteiger partial charge in [-0.3, -0.25) is 4.79 Å². The van der Waals surface area contributed by atoms with E-state index >= 15 is 0 Å². The molecule has 0 bridgehead atoms. The average Bonchev–Trinajstić information content (AvgIpc) is 3.47. The molecule has 12 heteroatoms. The molecular weight excluding hydrogens is 452 g/mol. The smallest absolute Gasteiger partial charge is 0.263 e. The minimum Gasteiger partial charge on any atom is -0.475 e. The van der Waals surface area contributed by atoms with Crippen LogP contribution in [0.5, 0.6) is 5.88 Å². The van der Waals surface area contributed by atoms with E-state index in [1.807, 2.05) is 37.6 Å². The van der Waals surface area contributed by atoms with Crippen molar-refractivity contribution in [2.75, 3.05) is 39.2 Å². The zero-order valence-corrected chi connectivity index (χ0v) is 19.7. The first-order valence-electron chi connectivity index (χ1n) is 10.0. The fraction of sp³-hybridized carbons (Fsp3) is 0.450. The number of hydrogen-bond acceptors (Lipinski definition) is 10. The molecule has 1 amide bonds. The van der Waals surface area contributed by atoms with Gasteiger partial charge in [0.2, 0.25) is 11.0 Å². The van der Waals surface area contributed by atoms with E-state index in [2.05, 4.69) is 20.2 Å². The van der Waals surface area contributed by atoms with E-state index in [9.17, 15) is 4.79 Å². The van der Waals surface area contributed by atoms with Crippen molar-refractivity contribution in [2.24, 2.45) is 5.16 Å². The zero-order chi connectivity index (χ0) is 22.5. The molecule has 3 aromatic heterocycles. The molecule has 0 aromatic carbocycles. The maximum atomic E-state index is 12.5. The van der Waals surface area contributed by atoms with E-state index in [-0.39, 0.29) is 25.2 Å². The molecule has 1 fully saturated rings. The first-order chi connectivity index (χ1) is 15.5. The molecule has 0 N–H and O–H groups in total. The molecule has 1 aliphatic rings. The topological polar surface area (TPSA) is 103 Å². The van der Waals surface area contributed by atoms with Crippen molar-refractivity contribution in [3.8, 4) is 5.88 Å². The third kappa shape index (κ3) is 5.37. The van der Waals surface area contributed by atoms with Crippen LogP contribution >= 0.6 is 23.1 Å². The summed E-state index contributed by atoms with van der Waals surface area (Å²) in [5, 5.41) is 11.0. The average molecular weight is 477 g/mol. The van der Waals surface area contributed by atoms with Crippen LogP contribution in [0.4, 0.5) is 0 Å². The van der Waals surface area contributed by atoms with Crippen molar-refractivity contribution in [2.45, 2.75) is 25.1 Å². The van der Waals surface area contributed by atoms with Crippen LogP contribution in [0.25, 0.3) is 5.78 Å². The lowest BCUT2D eigenvalue weighted by Crippen LogP contribution is -2.48. The molecule has 0 spiro atoms. The number of nitrogens with zero attached hydrogens (tertiary/aromatic N) is 6. The lowest BCUT2D eigenvalue weighted by Gasteiger charge is -2.32. The highest BCUT2D eigenvalue weighted by Crippen LogP contribution is 2.18. The Kier molecular flexibility index (Phi) is 7.22. The van der Waals surface area contributed by atoms with Crippen molar-refractivity contribution in [3.63, 3.8) is 0 Å². The van der Waals surface area contributed by atoms with Gasteiger partial charge in [0, 0.05) is 18.3 Å². The van der Waals surface area contributed by atoms with Gasteiger partial charge in [-0.2, -0.15) is 9.50 Å². The second-order valence-corrected chi connectivity index (χ2v) is 8.84. The second-order valence-electron chi connectivity index (χ2n) is 7.12. The highest BCUT2D eigenvalue weighted by atomic mass is 32.2. The Bertz CT molecular complexity index is 1100. The van der Waals surface area contributed by atoms with Gasteiger partial charge in [0.05, 0.1) is 23.7 Å². The van der Waals surface area contributed by atoms with Crippen molar-refractivity contribution in [3.05, 3.63) is 34.2 Å².